The lowest BCUT2D eigenvalue weighted by Crippen LogP contribution is -2.43. The molecule has 0 aromatic heterocycles. The Morgan fingerprint density at radius 3 is 2.24 bits per heavy atom. The number of carbonyl (C=O) groups excluding carboxylic acids is 1. The van der Waals surface area contributed by atoms with Gasteiger partial charge in [-0.25, -0.2) is 0 Å². The average Bonchev–Trinajstić information content (AvgIpc) is 2.24. The molecule has 0 amide bonds. The molecule has 3 nitrogen and oxygen atoms in total. The number of ether oxygens (including phenoxy) is 1. The third-order valence-corrected chi connectivity index (χ3v) is 3.43. The zero-order chi connectivity index (χ0) is 13.5. The maximum Gasteiger partial charge on any atom is 0.309 e. The molecule has 0 fully saturated rings. The first-order valence-corrected chi connectivity index (χ1v) is 6.78. The van der Waals surface area contributed by atoms with Crippen LogP contribution in [0.3, 0.4) is 0 Å². The number of likely N-dealkylation sites (N-methyl/N-ethyl adjacent to an activating group) is 1. The zero-order valence-corrected chi connectivity index (χ0v) is 12.5. The fraction of sp³-hybridized carbons (Fsp3) is 0.929. The number of esters is 1. The smallest absolute Gasteiger partial charge is 0.309 e. The molecular weight excluding hydrogens is 214 g/mol. The van der Waals surface area contributed by atoms with Gasteiger partial charge in [0.1, 0.15) is 13.2 Å². The van der Waals surface area contributed by atoms with Gasteiger partial charge in [-0.05, 0) is 12.3 Å². The lowest BCUT2D eigenvalue weighted by Gasteiger charge is -2.29. The summed E-state index contributed by atoms with van der Waals surface area (Å²) in [6.45, 7) is 10.8. The van der Waals surface area contributed by atoms with Crippen LogP contribution in [0.15, 0.2) is 0 Å². The first kappa shape index (κ1) is 16.4. The highest BCUT2D eigenvalue weighted by Gasteiger charge is 2.20. The van der Waals surface area contributed by atoms with E-state index in [0.717, 1.165) is 17.6 Å². The predicted octanol–water partition coefficient (Wildman–Crippen LogP) is 2.70. The average molecular weight is 244 g/mol. The van der Waals surface area contributed by atoms with E-state index in [4.69, 9.17) is 4.74 Å². The topological polar surface area (TPSA) is 26.3 Å². The molecule has 0 aromatic rings. The minimum absolute atomic E-state index is 0.00116. The van der Waals surface area contributed by atoms with Crippen LogP contribution in [0.4, 0.5) is 0 Å². The van der Waals surface area contributed by atoms with E-state index >= 15 is 0 Å². The SMILES string of the molecule is CCCC[N+](C)(C)CCOC(=O)C(C)C(C)C. The Morgan fingerprint density at radius 2 is 1.76 bits per heavy atom. The first-order valence-electron chi connectivity index (χ1n) is 6.78. The number of carbonyl (C=O) groups is 1. The lowest BCUT2D eigenvalue weighted by atomic mass is 9.99. The summed E-state index contributed by atoms with van der Waals surface area (Å²) >= 11 is 0. The lowest BCUT2D eigenvalue weighted by molar-refractivity contribution is -0.890. The highest BCUT2D eigenvalue weighted by molar-refractivity contribution is 5.72. The number of nitrogens with zero attached hydrogens (tertiary/aromatic N) is 1. The Balaban J connectivity index is 3.86. The summed E-state index contributed by atoms with van der Waals surface area (Å²) in [6.07, 6.45) is 2.44. The summed E-state index contributed by atoms with van der Waals surface area (Å²) in [5, 5.41) is 0. The molecule has 0 aromatic carbocycles. The van der Waals surface area contributed by atoms with E-state index in [-0.39, 0.29) is 11.9 Å². The highest BCUT2D eigenvalue weighted by atomic mass is 16.5. The van der Waals surface area contributed by atoms with E-state index in [2.05, 4.69) is 21.0 Å². The van der Waals surface area contributed by atoms with Gasteiger partial charge in [-0.3, -0.25) is 4.79 Å². The monoisotopic (exact) mass is 244 g/mol. The Bertz CT molecular complexity index is 224. The van der Waals surface area contributed by atoms with Crippen molar-refractivity contribution in [1.82, 2.24) is 0 Å². The van der Waals surface area contributed by atoms with E-state index in [1.807, 2.05) is 20.8 Å². The van der Waals surface area contributed by atoms with Crippen molar-refractivity contribution in [2.45, 2.75) is 40.5 Å². The van der Waals surface area contributed by atoms with Crippen LogP contribution in [-0.4, -0.2) is 44.2 Å². The minimum Gasteiger partial charge on any atom is -0.459 e. The van der Waals surface area contributed by atoms with E-state index in [9.17, 15) is 4.79 Å². The van der Waals surface area contributed by atoms with Crippen molar-refractivity contribution in [3.63, 3.8) is 0 Å². The van der Waals surface area contributed by atoms with Crippen molar-refractivity contribution < 1.29 is 14.0 Å². The molecule has 1 unspecified atom stereocenters. The summed E-state index contributed by atoms with van der Waals surface area (Å²) in [4.78, 5) is 11.7. The number of hydrogen-bond donors (Lipinski definition) is 0. The van der Waals surface area contributed by atoms with Crippen LogP contribution < -0.4 is 0 Å². The molecular formula is C14H30NO2+. The van der Waals surface area contributed by atoms with E-state index in [1.54, 1.807) is 0 Å². The highest BCUT2D eigenvalue weighted by Crippen LogP contribution is 2.11. The standard InChI is InChI=1S/C14H30NO2/c1-7-8-9-15(5,6)10-11-17-14(16)13(4)12(2)3/h12-13H,7-11H2,1-6H3/q+1. The number of unbranched alkanes of at least 4 members (excludes halogenated alkanes) is 1. The number of hydrogen-bond acceptors (Lipinski definition) is 2. The molecule has 17 heavy (non-hydrogen) atoms. The van der Waals surface area contributed by atoms with Crippen molar-refractivity contribution >= 4 is 5.97 Å². The fourth-order valence-electron chi connectivity index (χ4n) is 1.49. The molecule has 102 valence electrons. The van der Waals surface area contributed by atoms with Crippen molar-refractivity contribution in [1.29, 1.82) is 0 Å². The third-order valence-electron chi connectivity index (χ3n) is 3.43. The Morgan fingerprint density at radius 1 is 1.18 bits per heavy atom. The van der Waals surface area contributed by atoms with Crippen LogP contribution in [0, 0.1) is 11.8 Å². The van der Waals surface area contributed by atoms with Crippen molar-refractivity contribution in [3.8, 4) is 0 Å². The van der Waals surface area contributed by atoms with E-state index in [0.29, 0.717) is 12.5 Å². The molecule has 0 aliphatic rings. The molecule has 0 heterocycles. The normalized spacial score (nSPS) is 13.8. The van der Waals surface area contributed by atoms with Gasteiger partial charge in [-0.2, -0.15) is 0 Å². The third kappa shape index (κ3) is 7.37. The molecule has 0 saturated carbocycles. The Hall–Kier alpha value is -0.570. The van der Waals surface area contributed by atoms with Gasteiger partial charge < -0.3 is 9.22 Å². The number of quaternary nitrogens is 1. The van der Waals surface area contributed by atoms with E-state index < -0.39 is 0 Å². The second-order valence-corrected chi connectivity index (χ2v) is 5.94. The fourth-order valence-corrected chi connectivity index (χ4v) is 1.49. The second-order valence-electron chi connectivity index (χ2n) is 5.94. The van der Waals surface area contributed by atoms with Gasteiger partial charge in [-0.15, -0.1) is 0 Å². The summed E-state index contributed by atoms with van der Waals surface area (Å²) in [5.41, 5.74) is 0. The molecule has 0 bridgehead atoms. The van der Waals surface area contributed by atoms with Gasteiger partial charge in [0.2, 0.25) is 0 Å². The van der Waals surface area contributed by atoms with Gasteiger partial charge in [0.05, 0.1) is 26.6 Å². The molecule has 0 radical (unpaired) electrons. The van der Waals surface area contributed by atoms with Crippen molar-refractivity contribution in [2.24, 2.45) is 11.8 Å². The first-order chi connectivity index (χ1) is 7.80. The van der Waals surface area contributed by atoms with E-state index in [1.165, 1.54) is 12.8 Å². The Labute approximate surface area is 107 Å². The molecule has 0 rings (SSSR count). The van der Waals surface area contributed by atoms with Crippen LogP contribution in [0.5, 0.6) is 0 Å². The van der Waals surface area contributed by atoms with Gasteiger partial charge in [0.15, 0.2) is 0 Å². The molecule has 3 heteroatoms. The van der Waals surface area contributed by atoms with Gasteiger partial charge in [0.25, 0.3) is 0 Å². The molecule has 0 aliphatic heterocycles. The van der Waals surface area contributed by atoms with Crippen LogP contribution in [0.2, 0.25) is 0 Å². The minimum atomic E-state index is -0.0597. The summed E-state index contributed by atoms with van der Waals surface area (Å²) in [7, 11) is 4.38. The maximum absolute atomic E-state index is 11.7. The van der Waals surface area contributed by atoms with Crippen molar-refractivity contribution in [3.05, 3.63) is 0 Å². The van der Waals surface area contributed by atoms with Crippen LogP contribution in [0.25, 0.3) is 0 Å². The summed E-state index contributed by atoms with van der Waals surface area (Å²) < 4.78 is 6.25. The molecule has 1 atom stereocenters. The second kappa shape index (κ2) is 7.70. The van der Waals surface area contributed by atoms with Crippen LogP contribution in [-0.2, 0) is 9.53 Å². The van der Waals surface area contributed by atoms with Crippen LogP contribution >= 0.6 is 0 Å². The van der Waals surface area contributed by atoms with Gasteiger partial charge in [0, 0.05) is 0 Å². The quantitative estimate of drug-likeness (QED) is 0.485. The summed E-state index contributed by atoms with van der Waals surface area (Å²) in [5.74, 6) is 0.293. The molecule has 0 aliphatic carbocycles. The number of rotatable bonds is 8. The van der Waals surface area contributed by atoms with Crippen molar-refractivity contribution in [2.75, 3.05) is 33.8 Å². The largest absolute Gasteiger partial charge is 0.459 e. The zero-order valence-electron chi connectivity index (χ0n) is 12.5. The Kier molecular flexibility index (Phi) is 7.44. The van der Waals surface area contributed by atoms with Gasteiger partial charge in [-0.1, -0.05) is 34.1 Å². The van der Waals surface area contributed by atoms with Gasteiger partial charge >= 0.3 is 5.97 Å². The predicted molar refractivity (Wildman–Crippen MR) is 71.7 cm³/mol. The molecule has 0 spiro atoms. The maximum atomic E-state index is 11.7. The molecule has 0 N–H and O–H groups in total. The summed E-state index contributed by atoms with van der Waals surface area (Å²) in [6, 6.07) is 0. The molecule has 0 saturated heterocycles. The van der Waals surface area contributed by atoms with Crippen LogP contribution in [0.1, 0.15) is 40.5 Å².